The SMILES string of the molecule is CSc1ccc(S(=O)(=O)NCCCc2ccccc2Cl)cc1NC(C)=O. The lowest BCUT2D eigenvalue weighted by molar-refractivity contribution is -0.114. The predicted octanol–water partition coefficient (Wildman–Crippen LogP) is 3.93. The first-order valence-corrected chi connectivity index (χ1v) is 11.1. The number of carbonyl (C=O) groups is 1. The van der Waals surface area contributed by atoms with Gasteiger partial charge in [0.2, 0.25) is 15.9 Å². The molecule has 0 saturated heterocycles. The Morgan fingerprint density at radius 2 is 1.92 bits per heavy atom. The third-order valence-corrected chi connectivity index (χ3v) is 6.29. The molecule has 0 aliphatic rings. The number of carbonyl (C=O) groups excluding carboxylic acids is 1. The second-order valence-electron chi connectivity index (χ2n) is 5.64. The summed E-state index contributed by atoms with van der Waals surface area (Å²) in [6.07, 6.45) is 3.18. The molecule has 2 N–H and O–H groups in total. The van der Waals surface area contributed by atoms with E-state index < -0.39 is 10.0 Å². The van der Waals surface area contributed by atoms with Crippen LogP contribution in [-0.4, -0.2) is 27.1 Å². The monoisotopic (exact) mass is 412 g/mol. The fourth-order valence-corrected chi connectivity index (χ4v) is 4.28. The van der Waals surface area contributed by atoms with Crippen LogP contribution in [-0.2, 0) is 21.2 Å². The molecule has 2 aromatic carbocycles. The molecule has 0 aliphatic carbocycles. The number of thioether (sulfide) groups is 1. The molecular weight excluding hydrogens is 392 g/mol. The molecule has 0 spiro atoms. The molecule has 0 radical (unpaired) electrons. The molecule has 0 heterocycles. The Morgan fingerprint density at radius 1 is 1.19 bits per heavy atom. The summed E-state index contributed by atoms with van der Waals surface area (Å²) in [5.41, 5.74) is 1.48. The summed E-state index contributed by atoms with van der Waals surface area (Å²) in [6.45, 7) is 1.69. The largest absolute Gasteiger partial charge is 0.325 e. The van der Waals surface area contributed by atoms with Crippen molar-refractivity contribution in [3.05, 3.63) is 53.1 Å². The minimum Gasteiger partial charge on any atom is -0.325 e. The molecule has 0 fully saturated rings. The number of hydrogen-bond donors (Lipinski definition) is 2. The number of sulfonamides is 1. The number of aryl methyl sites for hydroxylation is 1. The van der Waals surface area contributed by atoms with Crippen molar-refractivity contribution in [2.45, 2.75) is 29.6 Å². The Hall–Kier alpha value is -1.54. The van der Waals surface area contributed by atoms with Gasteiger partial charge < -0.3 is 5.32 Å². The first-order chi connectivity index (χ1) is 12.3. The van der Waals surface area contributed by atoms with Crippen LogP contribution >= 0.6 is 23.4 Å². The van der Waals surface area contributed by atoms with Gasteiger partial charge in [0.1, 0.15) is 0 Å². The van der Waals surface area contributed by atoms with Crippen molar-refractivity contribution in [2.24, 2.45) is 0 Å². The lowest BCUT2D eigenvalue weighted by Crippen LogP contribution is -2.25. The summed E-state index contributed by atoms with van der Waals surface area (Å²) in [4.78, 5) is 12.2. The van der Waals surface area contributed by atoms with Crippen molar-refractivity contribution in [2.75, 3.05) is 18.1 Å². The van der Waals surface area contributed by atoms with E-state index in [1.165, 1.54) is 30.8 Å². The average Bonchev–Trinajstić information content (AvgIpc) is 2.59. The molecule has 2 rings (SSSR count). The van der Waals surface area contributed by atoms with Crippen molar-refractivity contribution in [1.82, 2.24) is 4.72 Å². The van der Waals surface area contributed by atoms with E-state index in [9.17, 15) is 13.2 Å². The lowest BCUT2D eigenvalue weighted by atomic mass is 10.1. The zero-order valence-electron chi connectivity index (χ0n) is 14.6. The van der Waals surface area contributed by atoms with Crippen LogP contribution < -0.4 is 10.0 Å². The minimum atomic E-state index is -3.65. The predicted molar refractivity (Wildman–Crippen MR) is 107 cm³/mol. The summed E-state index contributed by atoms with van der Waals surface area (Å²) in [5, 5.41) is 3.35. The first-order valence-electron chi connectivity index (χ1n) is 8.02. The number of nitrogens with one attached hydrogen (secondary N) is 2. The molecule has 0 aromatic heterocycles. The number of rotatable bonds is 8. The summed E-state index contributed by atoms with van der Waals surface area (Å²) in [6, 6.07) is 12.2. The molecule has 8 heteroatoms. The second kappa shape index (κ2) is 9.41. The number of amides is 1. The molecule has 2 aromatic rings. The van der Waals surface area contributed by atoms with Gasteiger partial charge in [-0.25, -0.2) is 13.1 Å². The van der Waals surface area contributed by atoms with Gasteiger partial charge in [-0.2, -0.15) is 0 Å². The summed E-state index contributed by atoms with van der Waals surface area (Å²) in [5.74, 6) is -0.248. The van der Waals surface area contributed by atoms with Crippen molar-refractivity contribution in [1.29, 1.82) is 0 Å². The van der Waals surface area contributed by atoms with Gasteiger partial charge in [0.05, 0.1) is 10.6 Å². The second-order valence-corrected chi connectivity index (χ2v) is 8.66. The fourth-order valence-electron chi connectivity index (χ4n) is 2.41. The van der Waals surface area contributed by atoms with Crippen LogP contribution in [0.3, 0.4) is 0 Å². The highest BCUT2D eigenvalue weighted by molar-refractivity contribution is 7.98. The van der Waals surface area contributed by atoms with Gasteiger partial charge in [0.15, 0.2) is 0 Å². The standard InChI is InChI=1S/C18H21ClN2O3S2/c1-13(22)21-17-12-15(9-10-18(17)25-2)26(23,24)20-11-5-7-14-6-3-4-8-16(14)19/h3-4,6,8-10,12,20H,5,7,11H2,1-2H3,(H,21,22). The average molecular weight is 413 g/mol. The Bertz CT molecular complexity index is 886. The minimum absolute atomic E-state index is 0.122. The van der Waals surface area contributed by atoms with Crippen LogP contribution in [0, 0.1) is 0 Å². The van der Waals surface area contributed by atoms with Crippen LogP contribution in [0.15, 0.2) is 52.3 Å². The van der Waals surface area contributed by atoms with Crippen LogP contribution in [0.5, 0.6) is 0 Å². The van der Waals surface area contributed by atoms with Gasteiger partial charge in [-0.1, -0.05) is 29.8 Å². The molecule has 0 bridgehead atoms. The fraction of sp³-hybridized carbons (Fsp3) is 0.278. The zero-order chi connectivity index (χ0) is 19.2. The van der Waals surface area contributed by atoms with E-state index in [0.29, 0.717) is 30.1 Å². The van der Waals surface area contributed by atoms with Crippen LogP contribution in [0.4, 0.5) is 5.69 Å². The normalized spacial score (nSPS) is 11.3. The van der Waals surface area contributed by atoms with E-state index >= 15 is 0 Å². The van der Waals surface area contributed by atoms with E-state index in [2.05, 4.69) is 10.0 Å². The van der Waals surface area contributed by atoms with Crippen LogP contribution in [0.1, 0.15) is 18.9 Å². The molecule has 1 amide bonds. The lowest BCUT2D eigenvalue weighted by Gasteiger charge is -2.12. The van der Waals surface area contributed by atoms with Gasteiger partial charge >= 0.3 is 0 Å². The molecule has 140 valence electrons. The Labute approximate surface area is 163 Å². The Kier molecular flexibility index (Phi) is 7.52. The zero-order valence-corrected chi connectivity index (χ0v) is 17.0. The third kappa shape index (κ3) is 5.74. The highest BCUT2D eigenvalue weighted by atomic mass is 35.5. The molecule has 0 aliphatic heterocycles. The van der Waals surface area contributed by atoms with Gasteiger partial charge in [-0.05, 0) is 48.9 Å². The molecular formula is C18H21ClN2O3S2. The van der Waals surface area contributed by atoms with Crippen LogP contribution in [0.25, 0.3) is 0 Å². The number of hydrogen-bond acceptors (Lipinski definition) is 4. The van der Waals surface area contributed by atoms with E-state index in [4.69, 9.17) is 11.6 Å². The topological polar surface area (TPSA) is 75.3 Å². The van der Waals surface area contributed by atoms with E-state index in [0.717, 1.165) is 10.5 Å². The smallest absolute Gasteiger partial charge is 0.240 e. The maximum absolute atomic E-state index is 12.5. The molecule has 0 unspecified atom stereocenters. The van der Waals surface area contributed by atoms with Gasteiger partial charge in [-0.3, -0.25) is 4.79 Å². The summed E-state index contributed by atoms with van der Waals surface area (Å²) in [7, 11) is -3.65. The van der Waals surface area contributed by atoms with E-state index in [1.54, 1.807) is 6.07 Å². The van der Waals surface area contributed by atoms with Gasteiger partial charge in [0, 0.05) is 23.4 Å². The van der Waals surface area contributed by atoms with E-state index in [-0.39, 0.29) is 10.8 Å². The van der Waals surface area contributed by atoms with Crippen molar-refractivity contribution in [3.8, 4) is 0 Å². The van der Waals surface area contributed by atoms with Gasteiger partial charge in [0.25, 0.3) is 0 Å². The van der Waals surface area contributed by atoms with Crippen LogP contribution in [0.2, 0.25) is 5.02 Å². The van der Waals surface area contributed by atoms with E-state index in [1.807, 2.05) is 30.5 Å². The maximum Gasteiger partial charge on any atom is 0.240 e. The number of anilines is 1. The molecule has 0 atom stereocenters. The Balaban J connectivity index is 2.03. The molecule has 26 heavy (non-hydrogen) atoms. The van der Waals surface area contributed by atoms with Crippen molar-refractivity contribution < 1.29 is 13.2 Å². The van der Waals surface area contributed by atoms with Gasteiger partial charge in [-0.15, -0.1) is 11.8 Å². The highest BCUT2D eigenvalue weighted by Gasteiger charge is 2.16. The highest BCUT2D eigenvalue weighted by Crippen LogP contribution is 2.28. The maximum atomic E-state index is 12.5. The molecule has 0 saturated carbocycles. The summed E-state index contributed by atoms with van der Waals surface area (Å²) < 4.78 is 27.6. The Morgan fingerprint density at radius 3 is 2.58 bits per heavy atom. The quantitative estimate of drug-likeness (QED) is 0.508. The summed E-state index contributed by atoms with van der Waals surface area (Å²) >= 11 is 7.54. The molecule has 5 nitrogen and oxygen atoms in total. The van der Waals surface area contributed by atoms with Crippen molar-refractivity contribution in [3.63, 3.8) is 0 Å². The first kappa shape index (κ1) is 20.8. The third-order valence-electron chi connectivity index (χ3n) is 3.66. The number of halogens is 1. The van der Waals surface area contributed by atoms with Crippen molar-refractivity contribution >= 4 is 45.0 Å². The number of benzene rings is 2.